The van der Waals surface area contributed by atoms with Crippen LogP contribution in [0.5, 0.6) is 11.5 Å². The van der Waals surface area contributed by atoms with E-state index in [4.69, 9.17) is 36.0 Å². The summed E-state index contributed by atoms with van der Waals surface area (Å²) in [6.45, 7) is 9.76. The first-order valence-corrected chi connectivity index (χ1v) is 14.5. The van der Waals surface area contributed by atoms with Gasteiger partial charge in [0.05, 0.1) is 31.4 Å². The van der Waals surface area contributed by atoms with Gasteiger partial charge in [-0.25, -0.2) is 9.59 Å². The Morgan fingerprint density at radius 1 is 1.14 bits per heavy atom. The van der Waals surface area contributed by atoms with E-state index in [0.29, 0.717) is 48.0 Å². The van der Waals surface area contributed by atoms with E-state index in [0.717, 1.165) is 37.1 Å². The second-order valence-electron chi connectivity index (χ2n) is 10.5. The average molecular weight is 627 g/mol. The molecule has 0 unspecified atom stereocenters. The average Bonchev–Trinajstić information content (AvgIpc) is 3.35. The molecular formula is C30H38ClF3N4O5. The van der Waals surface area contributed by atoms with E-state index in [9.17, 15) is 18.0 Å². The number of amides is 2. The Kier molecular flexibility index (Phi) is 12.1. The maximum Gasteiger partial charge on any atom is 0.490 e. The number of carboxylic acid groups (broad SMARTS) is 1. The van der Waals surface area contributed by atoms with E-state index < -0.39 is 12.1 Å². The van der Waals surface area contributed by atoms with Crippen LogP contribution < -0.4 is 14.8 Å². The van der Waals surface area contributed by atoms with Gasteiger partial charge in [-0.3, -0.25) is 9.89 Å². The van der Waals surface area contributed by atoms with Gasteiger partial charge in [0.2, 0.25) is 0 Å². The molecule has 2 atom stereocenters. The SMILES string of the molecule is CCOc1cc(OC)ccc1C1=N[C@H](CCC(C)C)[C@H](c2ccc(Cl)cc2)N1C(=O)N1CCNCC1.O=C(O)C(F)(F)F. The van der Waals surface area contributed by atoms with Gasteiger partial charge >= 0.3 is 18.2 Å². The number of ether oxygens (including phenoxy) is 2. The lowest BCUT2D eigenvalue weighted by Crippen LogP contribution is -2.53. The van der Waals surface area contributed by atoms with Gasteiger partial charge in [-0.05, 0) is 55.5 Å². The number of alkyl halides is 3. The van der Waals surface area contributed by atoms with E-state index >= 15 is 0 Å². The Morgan fingerprint density at radius 3 is 2.30 bits per heavy atom. The number of urea groups is 1. The Morgan fingerprint density at radius 2 is 1.77 bits per heavy atom. The van der Waals surface area contributed by atoms with Crippen molar-refractivity contribution in [2.45, 2.75) is 51.9 Å². The third kappa shape index (κ3) is 8.99. The van der Waals surface area contributed by atoms with Crippen molar-refractivity contribution in [3.05, 3.63) is 58.6 Å². The molecule has 0 aliphatic carbocycles. The minimum atomic E-state index is -5.08. The van der Waals surface area contributed by atoms with Crippen LogP contribution in [0, 0.1) is 5.92 Å². The van der Waals surface area contributed by atoms with Gasteiger partial charge in [0.1, 0.15) is 17.3 Å². The largest absolute Gasteiger partial charge is 0.497 e. The fourth-order valence-corrected chi connectivity index (χ4v) is 4.98. The van der Waals surface area contributed by atoms with Gasteiger partial charge in [0, 0.05) is 37.3 Å². The van der Waals surface area contributed by atoms with E-state index in [2.05, 4.69) is 19.2 Å². The van der Waals surface area contributed by atoms with Crippen LogP contribution in [0.3, 0.4) is 0 Å². The topological polar surface area (TPSA) is 104 Å². The molecule has 0 saturated carbocycles. The number of nitrogens with one attached hydrogen (secondary N) is 1. The minimum absolute atomic E-state index is 0.0273. The molecule has 9 nitrogen and oxygen atoms in total. The van der Waals surface area contributed by atoms with Crippen LogP contribution >= 0.6 is 11.6 Å². The molecule has 43 heavy (non-hydrogen) atoms. The first kappa shape index (κ1) is 34.0. The first-order chi connectivity index (χ1) is 20.4. The second kappa shape index (κ2) is 15.3. The second-order valence-corrected chi connectivity index (χ2v) is 10.9. The predicted molar refractivity (Wildman–Crippen MR) is 158 cm³/mol. The van der Waals surface area contributed by atoms with Crippen molar-refractivity contribution in [3.63, 3.8) is 0 Å². The van der Waals surface area contributed by atoms with E-state index in [-0.39, 0.29) is 18.1 Å². The third-order valence-electron chi connectivity index (χ3n) is 6.98. The van der Waals surface area contributed by atoms with Gasteiger partial charge in [-0.2, -0.15) is 13.2 Å². The lowest BCUT2D eigenvalue weighted by Gasteiger charge is -2.36. The monoisotopic (exact) mass is 626 g/mol. The van der Waals surface area contributed by atoms with Crippen LogP contribution in [0.1, 0.15) is 50.8 Å². The molecule has 13 heteroatoms. The molecule has 2 amide bonds. The summed E-state index contributed by atoms with van der Waals surface area (Å²) in [5, 5.41) is 11.1. The number of methoxy groups -OCH3 is 1. The number of hydrogen-bond acceptors (Lipinski definition) is 6. The quantitative estimate of drug-likeness (QED) is 0.372. The Balaban J connectivity index is 0.000000646. The Bertz CT molecular complexity index is 1270. The van der Waals surface area contributed by atoms with Crippen LogP contribution in [-0.4, -0.2) is 84.9 Å². The van der Waals surface area contributed by atoms with E-state index in [1.165, 1.54) is 0 Å². The van der Waals surface area contributed by atoms with Crippen molar-refractivity contribution < 1.29 is 37.3 Å². The molecule has 0 aromatic heterocycles. The van der Waals surface area contributed by atoms with Gasteiger partial charge < -0.3 is 24.8 Å². The van der Waals surface area contributed by atoms with Gasteiger partial charge in [0.15, 0.2) is 0 Å². The third-order valence-corrected chi connectivity index (χ3v) is 7.23. The molecule has 2 aromatic carbocycles. The van der Waals surface area contributed by atoms with Crippen molar-refractivity contribution in [1.82, 2.24) is 15.1 Å². The number of hydrogen-bond donors (Lipinski definition) is 2. The number of nitrogens with zero attached hydrogens (tertiary/aromatic N) is 3. The highest BCUT2D eigenvalue weighted by molar-refractivity contribution is 6.30. The minimum Gasteiger partial charge on any atom is -0.497 e. The van der Waals surface area contributed by atoms with Crippen LogP contribution in [0.2, 0.25) is 5.02 Å². The highest BCUT2D eigenvalue weighted by Crippen LogP contribution is 2.40. The fourth-order valence-electron chi connectivity index (χ4n) is 4.86. The van der Waals surface area contributed by atoms with Gasteiger partial charge in [0.25, 0.3) is 0 Å². The summed E-state index contributed by atoms with van der Waals surface area (Å²) in [7, 11) is 1.64. The highest BCUT2D eigenvalue weighted by atomic mass is 35.5. The number of aliphatic imine (C=N–C) groups is 1. The summed E-state index contributed by atoms with van der Waals surface area (Å²) in [6.07, 6.45) is -3.19. The molecule has 2 heterocycles. The molecule has 2 aliphatic heterocycles. The number of carboxylic acids is 1. The van der Waals surface area contributed by atoms with Crippen LogP contribution in [0.4, 0.5) is 18.0 Å². The van der Waals surface area contributed by atoms with E-state index in [1.54, 1.807) is 7.11 Å². The summed E-state index contributed by atoms with van der Waals surface area (Å²) in [5.74, 6) is -0.210. The van der Waals surface area contributed by atoms with Crippen LogP contribution in [0.25, 0.3) is 0 Å². The van der Waals surface area contributed by atoms with Crippen molar-refractivity contribution in [1.29, 1.82) is 0 Å². The molecular weight excluding hydrogens is 589 g/mol. The molecule has 0 bridgehead atoms. The molecule has 2 aliphatic rings. The van der Waals surface area contributed by atoms with Crippen LogP contribution in [-0.2, 0) is 4.79 Å². The molecule has 1 saturated heterocycles. The fraction of sp³-hybridized carbons (Fsp3) is 0.500. The number of carbonyl (C=O) groups is 2. The zero-order chi connectivity index (χ0) is 31.7. The number of amidine groups is 1. The lowest BCUT2D eigenvalue weighted by atomic mass is 9.93. The number of piperazine rings is 1. The smallest absolute Gasteiger partial charge is 0.490 e. The Hall–Kier alpha value is -3.51. The molecule has 0 spiro atoms. The van der Waals surface area contributed by atoms with Crippen molar-refractivity contribution in [3.8, 4) is 11.5 Å². The summed E-state index contributed by atoms with van der Waals surface area (Å²) >= 11 is 6.23. The summed E-state index contributed by atoms with van der Waals surface area (Å²) < 4.78 is 43.2. The molecule has 0 radical (unpaired) electrons. The van der Waals surface area contributed by atoms with Gasteiger partial charge in [-0.1, -0.05) is 37.6 Å². The number of benzene rings is 2. The first-order valence-electron chi connectivity index (χ1n) is 14.1. The molecule has 2 aromatic rings. The van der Waals surface area contributed by atoms with Crippen LogP contribution in [0.15, 0.2) is 47.5 Å². The summed E-state index contributed by atoms with van der Waals surface area (Å²) in [6, 6.07) is 13.2. The van der Waals surface area contributed by atoms with E-state index in [1.807, 2.05) is 59.2 Å². The maximum absolute atomic E-state index is 14.2. The molecule has 2 N–H and O–H groups in total. The number of rotatable bonds is 8. The maximum atomic E-state index is 14.2. The zero-order valence-corrected chi connectivity index (χ0v) is 25.4. The summed E-state index contributed by atoms with van der Waals surface area (Å²) in [4.78, 5) is 32.1. The lowest BCUT2D eigenvalue weighted by molar-refractivity contribution is -0.192. The molecule has 1 fully saturated rings. The van der Waals surface area contributed by atoms with Gasteiger partial charge in [-0.15, -0.1) is 0 Å². The Labute approximate surface area is 254 Å². The molecule has 236 valence electrons. The predicted octanol–water partition coefficient (Wildman–Crippen LogP) is 6.01. The molecule has 4 rings (SSSR count). The van der Waals surface area contributed by atoms with Crippen molar-refractivity contribution >= 4 is 29.4 Å². The number of carbonyl (C=O) groups excluding carboxylic acids is 1. The normalized spacial score (nSPS) is 18.6. The standard InChI is InChI=1S/C28H37ClN4O3.C2HF3O2/c1-5-36-25-18-22(35-4)11-12-23(25)27-31-24(13-6-19(2)3)26(20-7-9-21(29)10-8-20)33(27)28(34)32-16-14-30-15-17-32;3-2(4,5)1(6)7/h7-12,18-19,24,26,30H,5-6,13-17H2,1-4H3;(H,6,7)/t24-,26+;/m1./s1. The van der Waals surface area contributed by atoms with Crippen molar-refractivity contribution in [2.75, 3.05) is 39.9 Å². The number of aliphatic carboxylic acids is 1. The zero-order valence-electron chi connectivity index (χ0n) is 24.7. The highest BCUT2D eigenvalue weighted by Gasteiger charge is 2.44. The summed E-state index contributed by atoms with van der Waals surface area (Å²) in [5.41, 5.74) is 1.83. The van der Waals surface area contributed by atoms with Crippen molar-refractivity contribution in [2.24, 2.45) is 10.9 Å². The number of halogens is 4.